The summed E-state index contributed by atoms with van der Waals surface area (Å²) in [6.45, 7) is 5.67. The van der Waals surface area contributed by atoms with Crippen LogP contribution in [-0.4, -0.2) is 37.0 Å². The summed E-state index contributed by atoms with van der Waals surface area (Å²) in [5, 5.41) is 4.62. The maximum absolute atomic E-state index is 5.59. The molecule has 5 heteroatoms. The number of hydrogen-bond donors (Lipinski definition) is 1. The van der Waals surface area contributed by atoms with E-state index in [9.17, 15) is 0 Å². The van der Waals surface area contributed by atoms with Crippen LogP contribution in [0.5, 0.6) is 0 Å². The van der Waals surface area contributed by atoms with E-state index in [0.717, 1.165) is 24.6 Å². The average Bonchev–Trinajstić information content (AvgIpc) is 2.69. The zero-order valence-electron chi connectivity index (χ0n) is 10.6. The van der Waals surface area contributed by atoms with Crippen LogP contribution in [0.1, 0.15) is 23.2 Å². The number of thiazole rings is 1. The average molecular weight is 256 g/mol. The number of rotatable bonds is 6. The van der Waals surface area contributed by atoms with E-state index in [0.29, 0.717) is 6.04 Å². The maximum atomic E-state index is 5.59. The summed E-state index contributed by atoms with van der Waals surface area (Å²) in [6, 6.07) is 0.390. The number of aryl methyl sites for hydroxylation is 1. The third kappa shape index (κ3) is 3.04. The van der Waals surface area contributed by atoms with Gasteiger partial charge < -0.3 is 14.8 Å². The van der Waals surface area contributed by atoms with Crippen LogP contribution in [0.3, 0.4) is 0 Å². The number of hydrogen-bond acceptors (Lipinski definition) is 5. The highest BCUT2D eigenvalue weighted by Crippen LogP contribution is 2.27. The topological polar surface area (TPSA) is 43.4 Å². The number of aromatic nitrogens is 1. The molecule has 0 radical (unpaired) electrons. The summed E-state index contributed by atoms with van der Waals surface area (Å²) in [5.74, 6) is 0. The highest BCUT2D eigenvalue weighted by molar-refractivity contribution is 7.11. The van der Waals surface area contributed by atoms with Crippen molar-refractivity contribution in [1.82, 2.24) is 10.3 Å². The number of methoxy groups -OCH3 is 1. The lowest BCUT2D eigenvalue weighted by Gasteiger charge is -2.43. The molecule has 1 aliphatic rings. The molecule has 0 aliphatic heterocycles. The number of nitrogens with zero attached hydrogens (tertiary/aromatic N) is 1. The van der Waals surface area contributed by atoms with Crippen LogP contribution < -0.4 is 5.32 Å². The highest BCUT2D eigenvalue weighted by atomic mass is 32.1. The maximum Gasteiger partial charge on any atom is 0.107 e. The van der Waals surface area contributed by atoms with Gasteiger partial charge in [-0.25, -0.2) is 4.98 Å². The summed E-state index contributed by atoms with van der Waals surface area (Å²) < 4.78 is 11.0. The van der Waals surface area contributed by atoms with Crippen molar-refractivity contribution in [3.05, 3.63) is 16.1 Å². The largest absolute Gasteiger partial charge is 0.377 e. The summed E-state index contributed by atoms with van der Waals surface area (Å²) in [4.78, 5) is 5.59. The molecule has 0 aromatic carbocycles. The van der Waals surface area contributed by atoms with Crippen LogP contribution in [-0.2, 0) is 16.0 Å². The SMILES string of the molecule is CCOC1CC(NCc2ncc(C)s2)C1OC. The molecule has 3 atom stereocenters. The highest BCUT2D eigenvalue weighted by Gasteiger charge is 2.41. The van der Waals surface area contributed by atoms with Crippen LogP contribution in [0.15, 0.2) is 6.20 Å². The van der Waals surface area contributed by atoms with Gasteiger partial charge in [-0.2, -0.15) is 0 Å². The van der Waals surface area contributed by atoms with E-state index in [1.807, 2.05) is 13.1 Å². The molecule has 1 heterocycles. The molecule has 0 spiro atoms. The standard InChI is InChI=1S/C12H20N2O2S/c1-4-16-10-5-9(12(10)15-3)13-7-11-14-6-8(2)17-11/h6,9-10,12-13H,4-5,7H2,1-3H3. The van der Waals surface area contributed by atoms with Gasteiger partial charge in [0.15, 0.2) is 0 Å². The van der Waals surface area contributed by atoms with E-state index >= 15 is 0 Å². The first-order chi connectivity index (χ1) is 8.24. The molecular weight excluding hydrogens is 236 g/mol. The Hall–Kier alpha value is -0.490. The second-order valence-electron chi connectivity index (χ2n) is 4.28. The van der Waals surface area contributed by atoms with Crippen LogP contribution in [0.25, 0.3) is 0 Å². The quantitative estimate of drug-likeness (QED) is 0.842. The molecule has 96 valence electrons. The number of nitrogens with one attached hydrogen (secondary N) is 1. The normalized spacial score (nSPS) is 28.1. The Morgan fingerprint density at radius 3 is 3.00 bits per heavy atom. The van der Waals surface area contributed by atoms with E-state index in [2.05, 4.69) is 17.2 Å². The van der Waals surface area contributed by atoms with E-state index in [4.69, 9.17) is 9.47 Å². The van der Waals surface area contributed by atoms with Crippen molar-refractivity contribution in [3.63, 3.8) is 0 Å². The van der Waals surface area contributed by atoms with Gasteiger partial charge in [-0.05, 0) is 20.3 Å². The van der Waals surface area contributed by atoms with Gasteiger partial charge in [0.25, 0.3) is 0 Å². The zero-order valence-corrected chi connectivity index (χ0v) is 11.4. The molecule has 1 aliphatic carbocycles. The van der Waals surface area contributed by atoms with Crippen LogP contribution >= 0.6 is 11.3 Å². The summed E-state index contributed by atoms with van der Waals surface area (Å²) in [5.41, 5.74) is 0. The molecular formula is C12H20N2O2S. The Balaban J connectivity index is 1.77. The Bertz CT molecular complexity index is 356. The first-order valence-electron chi connectivity index (χ1n) is 6.03. The lowest BCUT2D eigenvalue weighted by atomic mass is 9.85. The lowest BCUT2D eigenvalue weighted by Crippen LogP contribution is -2.59. The smallest absolute Gasteiger partial charge is 0.107 e. The van der Waals surface area contributed by atoms with Crippen molar-refractivity contribution in [2.24, 2.45) is 0 Å². The van der Waals surface area contributed by atoms with Gasteiger partial charge in [0.2, 0.25) is 0 Å². The van der Waals surface area contributed by atoms with Crippen molar-refractivity contribution in [1.29, 1.82) is 0 Å². The minimum atomic E-state index is 0.177. The zero-order chi connectivity index (χ0) is 12.3. The Labute approximate surface area is 106 Å². The van der Waals surface area contributed by atoms with Gasteiger partial charge in [-0.3, -0.25) is 0 Å². The van der Waals surface area contributed by atoms with Gasteiger partial charge >= 0.3 is 0 Å². The predicted molar refractivity (Wildman–Crippen MR) is 68.3 cm³/mol. The predicted octanol–water partition coefficient (Wildman–Crippen LogP) is 1.73. The lowest BCUT2D eigenvalue weighted by molar-refractivity contribution is -0.131. The van der Waals surface area contributed by atoms with E-state index in [1.54, 1.807) is 18.4 Å². The fourth-order valence-corrected chi connectivity index (χ4v) is 2.91. The molecule has 4 nitrogen and oxygen atoms in total. The van der Waals surface area contributed by atoms with Crippen molar-refractivity contribution in [3.8, 4) is 0 Å². The van der Waals surface area contributed by atoms with Crippen molar-refractivity contribution >= 4 is 11.3 Å². The van der Waals surface area contributed by atoms with Gasteiger partial charge in [0.05, 0.1) is 12.2 Å². The second kappa shape index (κ2) is 5.91. The molecule has 3 unspecified atom stereocenters. The van der Waals surface area contributed by atoms with E-state index < -0.39 is 0 Å². The van der Waals surface area contributed by atoms with Gasteiger partial charge in [0.1, 0.15) is 5.01 Å². The van der Waals surface area contributed by atoms with Crippen molar-refractivity contribution in [2.45, 2.75) is 45.1 Å². The summed E-state index contributed by atoms with van der Waals surface area (Å²) >= 11 is 1.74. The third-order valence-corrected chi connectivity index (χ3v) is 4.00. The molecule has 1 fully saturated rings. The van der Waals surface area contributed by atoms with Gasteiger partial charge in [-0.1, -0.05) is 0 Å². The molecule has 1 saturated carbocycles. The fourth-order valence-electron chi connectivity index (χ4n) is 2.18. The molecule has 1 N–H and O–H groups in total. The third-order valence-electron chi connectivity index (χ3n) is 3.09. The van der Waals surface area contributed by atoms with Gasteiger partial charge in [0, 0.05) is 37.4 Å². The molecule has 17 heavy (non-hydrogen) atoms. The first kappa shape index (κ1) is 13.0. The Morgan fingerprint density at radius 2 is 2.41 bits per heavy atom. The first-order valence-corrected chi connectivity index (χ1v) is 6.85. The summed E-state index contributed by atoms with van der Waals surface area (Å²) in [6.07, 6.45) is 3.37. The van der Waals surface area contributed by atoms with E-state index in [-0.39, 0.29) is 12.2 Å². The van der Waals surface area contributed by atoms with Crippen LogP contribution in [0.2, 0.25) is 0 Å². The second-order valence-corrected chi connectivity index (χ2v) is 5.60. The Kier molecular flexibility index (Phi) is 4.50. The summed E-state index contributed by atoms with van der Waals surface area (Å²) in [7, 11) is 1.75. The molecule has 0 saturated heterocycles. The number of ether oxygens (including phenoxy) is 2. The molecule has 0 bridgehead atoms. The molecule has 1 aromatic heterocycles. The minimum Gasteiger partial charge on any atom is -0.377 e. The Morgan fingerprint density at radius 1 is 1.59 bits per heavy atom. The van der Waals surface area contributed by atoms with E-state index in [1.165, 1.54) is 4.88 Å². The van der Waals surface area contributed by atoms with Crippen molar-refractivity contribution in [2.75, 3.05) is 13.7 Å². The minimum absolute atomic E-state index is 0.177. The van der Waals surface area contributed by atoms with Gasteiger partial charge in [-0.15, -0.1) is 11.3 Å². The monoisotopic (exact) mass is 256 g/mol. The van der Waals surface area contributed by atoms with Crippen LogP contribution in [0.4, 0.5) is 0 Å². The molecule has 1 aromatic rings. The van der Waals surface area contributed by atoms with Crippen LogP contribution in [0, 0.1) is 6.92 Å². The fraction of sp³-hybridized carbons (Fsp3) is 0.750. The molecule has 2 rings (SSSR count). The van der Waals surface area contributed by atoms with Crippen molar-refractivity contribution < 1.29 is 9.47 Å². The molecule has 0 amide bonds.